The zero-order chi connectivity index (χ0) is 26.9. The van der Waals surface area contributed by atoms with Gasteiger partial charge in [-0.15, -0.1) is 0 Å². The predicted octanol–water partition coefficient (Wildman–Crippen LogP) is 7.07. The van der Waals surface area contributed by atoms with Gasteiger partial charge in [-0.2, -0.15) is 0 Å². The van der Waals surface area contributed by atoms with Crippen molar-refractivity contribution in [1.82, 2.24) is 0 Å². The molecule has 0 heterocycles. The summed E-state index contributed by atoms with van der Waals surface area (Å²) in [6.07, 6.45) is 10.6. The first kappa shape index (κ1) is 28.1. The lowest BCUT2D eigenvalue weighted by Crippen LogP contribution is -2.67. The van der Waals surface area contributed by atoms with Crippen molar-refractivity contribution in [1.29, 1.82) is 0 Å². The molecular formula is C32H54O4. The highest BCUT2D eigenvalue weighted by Crippen LogP contribution is 2.76. The summed E-state index contributed by atoms with van der Waals surface area (Å²) in [5.41, 5.74) is 0.659. The minimum atomic E-state index is -0.784. The first-order valence-electron chi connectivity index (χ1n) is 14.7. The minimum Gasteiger partial charge on any atom is -0.462 e. The summed E-state index contributed by atoms with van der Waals surface area (Å²) in [5.74, 6) is 1.01. The van der Waals surface area contributed by atoms with E-state index in [1.54, 1.807) is 6.92 Å². The fourth-order valence-electron chi connectivity index (χ4n) is 10.6. The molecule has 4 aliphatic rings. The van der Waals surface area contributed by atoms with E-state index in [1.165, 1.54) is 5.57 Å². The van der Waals surface area contributed by atoms with Crippen LogP contribution in [-0.2, 0) is 9.53 Å². The van der Waals surface area contributed by atoms with Crippen LogP contribution in [0.1, 0.15) is 120 Å². The Hall–Kier alpha value is -0.870. The molecule has 0 aromatic carbocycles. The van der Waals surface area contributed by atoms with Crippen LogP contribution in [0.4, 0.5) is 0 Å². The van der Waals surface area contributed by atoms with Crippen molar-refractivity contribution in [3.63, 3.8) is 0 Å². The molecule has 10 atom stereocenters. The molecule has 4 fully saturated rings. The molecule has 0 aliphatic heterocycles. The van der Waals surface area contributed by atoms with E-state index in [0.717, 1.165) is 57.8 Å². The van der Waals surface area contributed by atoms with Crippen molar-refractivity contribution in [3.05, 3.63) is 11.6 Å². The molecule has 0 aromatic heterocycles. The second-order valence-corrected chi connectivity index (χ2v) is 15.1. The van der Waals surface area contributed by atoms with Crippen molar-refractivity contribution in [2.24, 2.45) is 45.3 Å². The van der Waals surface area contributed by atoms with E-state index in [2.05, 4.69) is 54.5 Å². The molecule has 4 aliphatic carbocycles. The van der Waals surface area contributed by atoms with Crippen LogP contribution >= 0.6 is 0 Å². The number of fused-ring (bicyclic) bond motifs is 5. The molecular weight excluding hydrogens is 448 g/mol. The van der Waals surface area contributed by atoms with Gasteiger partial charge in [-0.25, -0.2) is 0 Å². The molecule has 0 aromatic rings. The van der Waals surface area contributed by atoms with Crippen molar-refractivity contribution in [2.75, 3.05) is 0 Å². The summed E-state index contributed by atoms with van der Waals surface area (Å²) < 4.78 is 6.22. The molecule has 4 rings (SSSR count). The van der Waals surface area contributed by atoms with Crippen LogP contribution < -0.4 is 0 Å². The standard InChI is InChI=1S/C32H54O4/c1-20(2)11-10-15-32(9,35)22-12-17-31(8)27(22)23(36-21(3)33)19-25-29(6)16-14-26(34)28(4,5)24(29)13-18-30(25,31)7/h11,22-27,34-35H,10,12-19H2,1-9H3/t22?,23-,24?,25?,26-,27?,29+,30-,31-,32?/m1/s1. The van der Waals surface area contributed by atoms with Crippen molar-refractivity contribution in [3.8, 4) is 0 Å². The lowest BCUT2D eigenvalue weighted by Gasteiger charge is -2.70. The van der Waals surface area contributed by atoms with Gasteiger partial charge in [-0.3, -0.25) is 4.79 Å². The van der Waals surface area contributed by atoms with Gasteiger partial charge >= 0.3 is 5.97 Å². The van der Waals surface area contributed by atoms with E-state index < -0.39 is 5.60 Å². The monoisotopic (exact) mass is 502 g/mol. The number of hydrogen-bond donors (Lipinski definition) is 2. The van der Waals surface area contributed by atoms with Gasteiger partial charge in [0.05, 0.1) is 11.7 Å². The molecule has 4 saturated carbocycles. The lowest BCUT2D eigenvalue weighted by molar-refractivity contribution is -0.250. The van der Waals surface area contributed by atoms with Crippen molar-refractivity contribution < 1.29 is 19.7 Å². The highest BCUT2D eigenvalue weighted by atomic mass is 16.5. The summed E-state index contributed by atoms with van der Waals surface area (Å²) in [6, 6.07) is 0. The molecule has 0 spiro atoms. The zero-order valence-electron chi connectivity index (χ0n) is 24.6. The second kappa shape index (κ2) is 9.11. The van der Waals surface area contributed by atoms with E-state index in [-0.39, 0.29) is 51.7 Å². The Morgan fingerprint density at radius 2 is 1.61 bits per heavy atom. The van der Waals surface area contributed by atoms with Gasteiger partial charge in [-0.1, -0.05) is 46.3 Å². The Bertz CT molecular complexity index is 885. The van der Waals surface area contributed by atoms with Gasteiger partial charge in [0.1, 0.15) is 6.10 Å². The Balaban J connectivity index is 1.74. The number of hydrogen-bond acceptors (Lipinski definition) is 4. The van der Waals surface area contributed by atoms with E-state index in [1.807, 2.05) is 6.92 Å². The fraction of sp³-hybridized carbons (Fsp3) is 0.906. The average molecular weight is 503 g/mol. The molecule has 36 heavy (non-hydrogen) atoms. The van der Waals surface area contributed by atoms with Gasteiger partial charge < -0.3 is 14.9 Å². The van der Waals surface area contributed by atoms with Gasteiger partial charge in [0, 0.05) is 12.8 Å². The number of rotatable bonds is 5. The van der Waals surface area contributed by atoms with Crippen molar-refractivity contribution in [2.45, 2.75) is 138 Å². The molecule has 206 valence electrons. The summed E-state index contributed by atoms with van der Waals surface area (Å²) >= 11 is 0. The van der Waals surface area contributed by atoms with Gasteiger partial charge in [0.25, 0.3) is 0 Å². The summed E-state index contributed by atoms with van der Waals surface area (Å²) in [4.78, 5) is 12.4. The molecule has 0 radical (unpaired) electrons. The molecule has 4 nitrogen and oxygen atoms in total. The smallest absolute Gasteiger partial charge is 0.302 e. The number of ether oxygens (including phenoxy) is 1. The van der Waals surface area contributed by atoms with Crippen LogP contribution in [0, 0.1) is 45.3 Å². The Morgan fingerprint density at radius 3 is 2.22 bits per heavy atom. The third-order valence-corrected chi connectivity index (χ3v) is 12.7. The van der Waals surface area contributed by atoms with Gasteiger partial charge in [0.2, 0.25) is 0 Å². The third-order valence-electron chi connectivity index (χ3n) is 12.7. The number of carbonyl (C=O) groups is 1. The molecule has 4 heteroatoms. The number of allylic oxidation sites excluding steroid dienone is 2. The highest BCUT2D eigenvalue weighted by molar-refractivity contribution is 5.66. The van der Waals surface area contributed by atoms with Crippen LogP contribution in [-0.4, -0.2) is 34.0 Å². The molecule has 0 bridgehead atoms. The van der Waals surface area contributed by atoms with Crippen molar-refractivity contribution >= 4 is 5.97 Å². The van der Waals surface area contributed by atoms with E-state index >= 15 is 0 Å². The lowest BCUT2D eigenvalue weighted by atomic mass is 9.35. The van der Waals surface area contributed by atoms with Gasteiger partial charge in [0.15, 0.2) is 0 Å². The maximum Gasteiger partial charge on any atom is 0.302 e. The second-order valence-electron chi connectivity index (χ2n) is 15.1. The third kappa shape index (κ3) is 4.12. The Labute approximate surface area is 220 Å². The first-order valence-corrected chi connectivity index (χ1v) is 14.7. The number of aliphatic hydroxyl groups excluding tert-OH is 1. The summed E-state index contributed by atoms with van der Waals surface area (Å²) in [6.45, 7) is 19.9. The van der Waals surface area contributed by atoms with Crippen LogP contribution in [0.25, 0.3) is 0 Å². The van der Waals surface area contributed by atoms with E-state index in [0.29, 0.717) is 11.8 Å². The SMILES string of the molecule is CC(=O)O[C@@H]1CC2[C@@]3(C)CC[C@@H](O)C(C)(C)C3CC[C@@]2(C)[C@]2(C)CCC(C(C)(O)CCC=C(C)C)C12. The average Bonchev–Trinajstić information content (AvgIpc) is 3.12. The Morgan fingerprint density at radius 1 is 0.972 bits per heavy atom. The van der Waals surface area contributed by atoms with E-state index in [9.17, 15) is 15.0 Å². The maximum absolute atomic E-state index is 12.4. The highest BCUT2D eigenvalue weighted by Gasteiger charge is 2.71. The van der Waals surface area contributed by atoms with Crippen LogP contribution in [0.3, 0.4) is 0 Å². The normalized spacial score (nSPS) is 47.1. The number of esters is 1. The van der Waals surface area contributed by atoms with E-state index in [4.69, 9.17) is 4.74 Å². The summed E-state index contributed by atoms with van der Waals surface area (Å²) in [5, 5.41) is 22.8. The molecule has 0 amide bonds. The van der Waals surface area contributed by atoms with Gasteiger partial charge in [-0.05, 0) is 118 Å². The first-order chi connectivity index (χ1) is 16.5. The van der Waals surface area contributed by atoms with Crippen LogP contribution in [0.2, 0.25) is 0 Å². The van der Waals surface area contributed by atoms with Crippen LogP contribution in [0.5, 0.6) is 0 Å². The maximum atomic E-state index is 12.4. The van der Waals surface area contributed by atoms with Crippen LogP contribution in [0.15, 0.2) is 11.6 Å². The quantitative estimate of drug-likeness (QED) is 0.312. The minimum absolute atomic E-state index is 0.00931. The fourth-order valence-corrected chi connectivity index (χ4v) is 10.6. The predicted molar refractivity (Wildman–Crippen MR) is 145 cm³/mol. The summed E-state index contributed by atoms with van der Waals surface area (Å²) in [7, 11) is 0. The molecule has 2 N–H and O–H groups in total. The zero-order valence-corrected chi connectivity index (χ0v) is 24.6. The molecule has 0 saturated heterocycles. The largest absolute Gasteiger partial charge is 0.462 e. The Kier molecular flexibility index (Phi) is 7.12. The topological polar surface area (TPSA) is 66.8 Å². The number of aliphatic hydroxyl groups is 2. The number of carbonyl (C=O) groups excluding carboxylic acids is 1. The molecule has 5 unspecified atom stereocenters.